The van der Waals surface area contributed by atoms with Gasteiger partial charge in [-0.05, 0) is 25.0 Å². The van der Waals surface area contributed by atoms with Crippen LogP contribution >= 0.6 is 0 Å². The average molecular weight is 246 g/mol. The summed E-state index contributed by atoms with van der Waals surface area (Å²) in [4.78, 5) is 0. The molecule has 0 spiro atoms. The van der Waals surface area contributed by atoms with Crippen molar-refractivity contribution in [2.45, 2.75) is 25.9 Å². The molecular weight excluding hydrogens is 228 g/mol. The molecule has 1 atom stereocenters. The van der Waals surface area contributed by atoms with Crippen molar-refractivity contribution >= 4 is 0 Å². The molecule has 1 aromatic heterocycles. The van der Waals surface area contributed by atoms with Gasteiger partial charge < -0.3 is 14.6 Å². The van der Waals surface area contributed by atoms with Gasteiger partial charge in [-0.2, -0.15) is 0 Å². The van der Waals surface area contributed by atoms with Crippen molar-refractivity contribution in [2.75, 3.05) is 7.11 Å². The van der Waals surface area contributed by atoms with E-state index in [1.165, 1.54) is 5.56 Å². The number of benzene rings is 1. The molecule has 4 nitrogen and oxygen atoms in total. The molecule has 0 amide bonds. The zero-order valence-electron chi connectivity index (χ0n) is 10.7. The molecule has 0 aliphatic carbocycles. The van der Waals surface area contributed by atoms with Crippen LogP contribution in [0.2, 0.25) is 0 Å². The number of para-hydroxylation sites is 1. The summed E-state index contributed by atoms with van der Waals surface area (Å²) < 4.78 is 10.4. The monoisotopic (exact) mass is 246 g/mol. The van der Waals surface area contributed by atoms with Gasteiger partial charge in [-0.25, -0.2) is 0 Å². The minimum Gasteiger partial charge on any atom is -0.496 e. The molecule has 1 unspecified atom stereocenters. The van der Waals surface area contributed by atoms with Crippen LogP contribution in [0, 0.1) is 0 Å². The maximum absolute atomic E-state index is 5.34. The molecule has 4 heteroatoms. The Kier molecular flexibility index (Phi) is 4.36. The SMILES string of the molecule is COc1ccccc1CC(C)NCc1ccno1. The lowest BCUT2D eigenvalue weighted by Gasteiger charge is -2.14. The fourth-order valence-electron chi connectivity index (χ4n) is 1.88. The smallest absolute Gasteiger partial charge is 0.150 e. The normalized spacial score (nSPS) is 12.3. The van der Waals surface area contributed by atoms with E-state index in [-0.39, 0.29) is 0 Å². The van der Waals surface area contributed by atoms with Crippen molar-refractivity contribution in [3.63, 3.8) is 0 Å². The molecule has 0 bridgehead atoms. The van der Waals surface area contributed by atoms with Crippen molar-refractivity contribution in [2.24, 2.45) is 0 Å². The highest BCUT2D eigenvalue weighted by atomic mass is 16.5. The van der Waals surface area contributed by atoms with Crippen LogP contribution in [0.15, 0.2) is 41.1 Å². The lowest BCUT2D eigenvalue weighted by atomic mass is 10.1. The molecule has 2 aromatic rings. The Labute approximate surface area is 107 Å². The van der Waals surface area contributed by atoms with E-state index in [1.807, 2.05) is 24.3 Å². The highest BCUT2D eigenvalue weighted by molar-refractivity contribution is 5.33. The quantitative estimate of drug-likeness (QED) is 0.850. The Bertz CT molecular complexity index is 468. The van der Waals surface area contributed by atoms with Gasteiger partial charge in [-0.1, -0.05) is 23.4 Å². The molecule has 0 aliphatic heterocycles. The number of ether oxygens (including phenoxy) is 1. The Morgan fingerprint density at radius 2 is 2.17 bits per heavy atom. The van der Waals surface area contributed by atoms with Crippen LogP contribution in [-0.4, -0.2) is 18.3 Å². The Hall–Kier alpha value is -1.81. The van der Waals surface area contributed by atoms with Gasteiger partial charge in [0.05, 0.1) is 19.9 Å². The second kappa shape index (κ2) is 6.21. The van der Waals surface area contributed by atoms with E-state index < -0.39 is 0 Å². The lowest BCUT2D eigenvalue weighted by Crippen LogP contribution is -2.27. The molecule has 1 N–H and O–H groups in total. The van der Waals surface area contributed by atoms with Gasteiger partial charge in [0.2, 0.25) is 0 Å². The molecular formula is C14H18N2O2. The van der Waals surface area contributed by atoms with E-state index in [0.717, 1.165) is 17.9 Å². The summed E-state index contributed by atoms with van der Waals surface area (Å²) in [5.74, 6) is 1.78. The number of nitrogens with zero attached hydrogens (tertiary/aromatic N) is 1. The molecule has 18 heavy (non-hydrogen) atoms. The predicted molar refractivity (Wildman–Crippen MR) is 69.5 cm³/mol. The van der Waals surface area contributed by atoms with Crippen molar-refractivity contribution in [1.29, 1.82) is 0 Å². The Morgan fingerprint density at radius 1 is 1.33 bits per heavy atom. The first-order valence-electron chi connectivity index (χ1n) is 6.04. The van der Waals surface area contributed by atoms with Crippen LogP contribution in [0.4, 0.5) is 0 Å². The van der Waals surface area contributed by atoms with Crippen LogP contribution < -0.4 is 10.1 Å². The third-order valence-electron chi connectivity index (χ3n) is 2.83. The fourth-order valence-corrected chi connectivity index (χ4v) is 1.88. The lowest BCUT2D eigenvalue weighted by molar-refractivity contribution is 0.363. The summed E-state index contributed by atoms with van der Waals surface area (Å²) in [5.41, 5.74) is 1.21. The van der Waals surface area contributed by atoms with Crippen LogP contribution in [0.5, 0.6) is 5.75 Å². The largest absolute Gasteiger partial charge is 0.496 e. The standard InChI is InChI=1S/C14H18N2O2/c1-11(15-10-13-7-8-16-18-13)9-12-5-3-4-6-14(12)17-2/h3-8,11,15H,9-10H2,1-2H3. The number of rotatable bonds is 6. The first-order chi connectivity index (χ1) is 8.79. The van der Waals surface area contributed by atoms with E-state index in [2.05, 4.69) is 23.5 Å². The highest BCUT2D eigenvalue weighted by Crippen LogP contribution is 2.18. The summed E-state index contributed by atoms with van der Waals surface area (Å²) >= 11 is 0. The molecule has 0 saturated heterocycles. The molecule has 96 valence electrons. The van der Waals surface area contributed by atoms with Crippen molar-refractivity contribution in [3.8, 4) is 5.75 Å². The van der Waals surface area contributed by atoms with Crippen LogP contribution in [0.3, 0.4) is 0 Å². The fraction of sp³-hybridized carbons (Fsp3) is 0.357. The molecule has 1 aromatic carbocycles. The second-order valence-corrected chi connectivity index (χ2v) is 4.28. The molecule has 0 radical (unpaired) electrons. The molecule has 0 saturated carbocycles. The number of hydrogen-bond acceptors (Lipinski definition) is 4. The molecule has 0 aliphatic rings. The summed E-state index contributed by atoms with van der Waals surface area (Å²) in [6, 6.07) is 10.3. The van der Waals surface area contributed by atoms with Crippen molar-refractivity contribution in [3.05, 3.63) is 47.9 Å². The minimum atomic E-state index is 0.339. The van der Waals surface area contributed by atoms with Gasteiger partial charge in [-0.3, -0.25) is 0 Å². The Morgan fingerprint density at radius 3 is 2.89 bits per heavy atom. The number of aromatic nitrogens is 1. The van der Waals surface area contributed by atoms with E-state index in [4.69, 9.17) is 9.26 Å². The number of hydrogen-bond donors (Lipinski definition) is 1. The average Bonchev–Trinajstić information content (AvgIpc) is 2.90. The molecule has 2 rings (SSSR count). The molecule has 1 heterocycles. The summed E-state index contributed by atoms with van der Waals surface area (Å²) in [6.45, 7) is 2.83. The molecule has 0 fully saturated rings. The third kappa shape index (κ3) is 3.34. The van der Waals surface area contributed by atoms with Crippen LogP contribution in [0.25, 0.3) is 0 Å². The zero-order chi connectivity index (χ0) is 12.8. The summed E-state index contributed by atoms with van der Waals surface area (Å²) in [7, 11) is 1.70. The second-order valence-electron chi connectivity index (χ2n) is 4.28. The summed E-state index contributed by atoms with van der Waals surface area (Å²) in [6.07, 6.45) is 2.57. The van der Waals surface area contributed by atoms with Crippen LogP contribution in [0.1, 0.15) is 18.2 Å². The topological polar surface area (TPSA) is 47.3 Å². The number of nitrogens with one attached hydrogen (secondary N) is 1. The van der Waals surface area contributed by atoms with Crippen LogP contribution in [-0.2, 0) is 13.0 Å². The van der Waals surface area contributed by atoms with E-state index in [1.54, 1.807) is 13.3 Å². The maximum atomic E-state index is 5.34. The third-order valence-corrected chi connectivity index (χ3v) is 2.83. The number of methoxy groups -OCH3 is 1. The highest BCUT2D eigenvalue weighted by Gasteiger charge is 2.08. The van der Waals surface area contributed by atoms with Gasteiger partial charge in [0.15, 0.2) is 0 Å². The Balaban J connectivity index is 1.88. The van der Waals surface area contributed by atoms with Gasteiger partial charge in [0.1, 0.15) is 11.5 Å². The maximum Gasteiger partial charge on any atom is 0.150 e. The van der Waals surface area contributed by atoms with Gasteiger partial charge >= 0.3 is 0 Å². The first-order valence-corrected chi connectivity index (χ1v) is 6.04. The van der Waals surface area contributed by atoms with Gasteiger partial charge in [0, 0.05) is 12.1 Å². The van der Waals surface area contributed by atoms with E-state index >= 15 is 0 Å². The van der Waals surface area contributed by atoms with E-state index in [0.29, 0.717) is 12.6 Å². The van der Waals surface area contributed by atoms with Crippen molar-refractivity contribution < 1.29 is 9.26 Å². The van der Waals surface area contributed by atoms with E-state index in [9.17, 15) is 0 Å². The minimum absolute atomic E-state index is 0.339. The summed E-state index contributed by atoms with van der Waals surface area (Å²) in [5, 5.41) is 7.07. The zero-order valence-corrected chi connectivity index (χ0v) is 10.7. The predicted octanol–water partition coefficient (Wildman–Crippen LogP) is 2.40. The van der Waals surface area contributed by atoms with Gasteiger partial charge in [0.25, 0.3) is 0 Å². The van der Waals surface area contributed by atoms with Gasteiger partial charge in [-0.15, -0.1) is 0 Å². The first kappa shape index (κ1) is 12.6. The van der Waals surface area contributed by atoms with Crippen molar-refractivity contribution in [1.82, 2.24) is 10.5 Å².